The molecule has 0 bridgehead atoms. The van der Waals surface area contributed by atoms with Crippen LogP contribution in [0.2, 0.25) is 0 Å². The molecule has 1 N–H and O–H groups in total. The molecule has 0 fully saturated rings. The maximum absolute atomic E-state index is 8.75. The summed E-state index contributed by atoms with van der Waals surface area (Å²) in [5.74, 6) is 0.810. The normalized spacial score (nSPS) is 9.67. The Bertz CT molecular complexity index is 355. The van der Waals surface area contributed by atoms with Gasteiger partial charge in [-0.25, -0.2) is 0 Å². The Balaban J connectivity index is 2.56. The van der Waals surface area contributed by atoms with E-state index in [4.69, 9.17) is 10.00 Å². The summed E-state index contributed by atoms with van der Waals surface area (Å²) in [5.41, 5.74) is 1.71. The van der Waals surface area contributed by atoms with E-state index in [9.17, 15) is 0 Å². The van der Waals surface area contributed by atoms with Crippen molar-refractivity contribution in [2.45, 2.75) is 13.3 Å². The summed E-state index contributed by atoms with van der Waals surface area (Å²) < 4.78 is 5.59. The fraction of sp³-hybridized carbons (Fsp3) is 0.417. The van der Waals surface area contributed by atoms with E-state index in [1.165, 1.54) is 0 Å². The summed E-state index contributed by atoms with van der Waals surface area (Å²) in [7, 11) is 1.92. The third-order valence-electron chi connectivity index (χ3n) is 2.15. The minimum absolute atomic E-state index is 0.643. The summed E-state index contributed by atoms with van der Waals surface area (Å²) >= 11 is 0. The molecule has 15 heavy (non-hydrogen) atoms. The number of hydrogen-bond acceptors (Lipinski definition) is 3. The molecule has 0 aromatic heterocycles. The number of hydrogen-bond donors (Lipinski definition) is 1. The second kappa shape index (κ2) is 6.05. The van der Waals surface area contributed by atoms with Crippen LogP contribution in [-0.4, -0.2) is 20.2 Å². The Morgan fingerprint density at radius 2 is 2.27 bits per heavy atom. The molecule has 0 heterocycles. The Morgan fingerprint density at radius 1 is 1.47 bits per heavy atom. The predicted octanol–water partition coefficient (Wildman–Crippen LogP) is 1.85. The molecule has 1 aromatic rings. The van der Waals surface area contributed by atoms with Crippen molar-refractivity contribution < 1.29 is 4.74 Å². The number of nitrogens with zero attached hydrogens (tertiary/aromatic N) is 1. The smallest absolute Gasteiger partial charge is 0.123 e. The fourth-order valence-corrected chi connectivity index (χ4v) is 1.26. The third-order valence-corrected chi connectivity index (χ3v) is 2.15. The summed E-state index contributed by atoms with van der Waals surface area (Å²) in [6, 6.07) is 7.60. The van der Waals surface area contributed by atoms with Gasteiger partial charge in [0.25, 0.3) is 0 Å². The first-order chi connectivity index (χ1) is 7.27. The van der Waals surface area contributed by atoms with Gasteiger partial charge in [-0.15, -0.1) is 0 Å². The van der Waals surface area contributed by atoms with Crippen molar-refractivity contribution in [1.82, 2.24) is 5.32 Å². The Hall–Kier alpha value is -1.53. The molecule has 0 unspecified atom stereocenters. The van der Waals surface area contributed by atoms with Crippen LogP contribution in [0.5, 0.6) is 5.75 Å². The second-order valence-corrected chi connectivity index (χ2v) is 3.40. The number of aryl methyl sites for hydroxylation is 1. The molecule has 0 aliphatic heterocycles. The highest BCUT2D eigenvalue weighted by atomic mass is 16.5. The number of rotatable bonds is 5. The zero-order valence-electron chi connectivity index (χ0n) is 9.21. The van der Waals surface area contributed by atoms with E-state index in [1.54, 1.807) is 12.1 Å². The zero-order valence-corrected chi connectivity index (χ0v) is 9.21. The van der Waals surface area contributed by atoms with Gasteiger partial charge in [0.15, 0.2) is 0 Å². The molecule has 3 heteroatoms. The molecule has 0 spiro atoms. The molecule has 0 atom stereocenters. The minimum Gasteiger partial charge on any atom is -0.493 e. The summed E-state index contributed by atoms with van der Waals surface area (Å²) in [4.78, 5) is 0. The highest BCUT2D eigenvalue weighted by molar-refractivity contribution is 5.41. The third kappa shape index (κ3) is 3.61. The van der Waals surface area contributed by atoms with Gasteiger partial charge in [-0.3, -0.25) is 0 Å². The predicted molar refractivity (Wildman–Crippen MR) is 59.9 cm³/mol. The van der Waals surface area contributed by atoms with E-state index in [-0.39, 0.29) is 0 Å². The van der Waals surface area contributed by atoms with Gasteiger partial charge >= 0.3 is 0 Å². The molecule has 0 radical (unpaired) electrons. The van der Waals surface area contributed by atoms with E-state index in [2.05, 4.69) is 11.4 Å². The average Bonchev–Trinajstić information content (AvgIpc) is 2.26. The number of ether oxygens (including phenoxy) is 1. The van der Waals surface area contributed by atoms with Crippen LogP contribution in [0.3, 0.4) is 0 Å². The van der Waals surface area contributed by atoms with Crippen LogP contribution in [0.1, 0.15) is 17.5 Å². The fourth-order valence-electron chi connectivity index (χ4n) is 1.26. The van der Waals surface area contributed by atoms with E-state index in [0.717, 1.165) is 24.3 Å². The van der Waals surface area contributed by atoms with Crippen molar-refractivity contribution in [3.8, 4) is 11.8 Å². The summed E-state index contributed by atoms with van der Waals surface area (Å²) in [6.07, 6.45) is 0.965. The van der Waals surface area contributed by atoms with E-state index in [1.807, 2.05) is 20.0 Å². The van der Waals surface area contributed by atoms with E-state index in [0.29, 0.717) is 12.2 Å². The SMILES string of the molecule is CNCCCOc1cc(C#N)ccc1C. The van der Waals surface area contributed by atoms with Crippen molar-refractivity contribution in [2.24, 2.45) is 0 Å². The monoisotopic (exact) mass is 204 g/mol. The van der Waals surface area contributed by atoms with Gasteiger partial charge in [0.2, 0.25) is 0 Å². The molecule has 0 saturated heterocycles. The van der Waals surface area contributed by atoms with Crippen LogP contribution >= 0.6 is 0 Å². The molecule has 1 aromatic carbocycles. The topological polar surface area (TPSA) is 45.0 Å². The van der Waals surface area contributed by atoms with Gasteiger partial charge in [0.1, 0.15) is 5.75 Å². The first-order valence-corrected chi connectivity index (χ1v) is 5.06. The summed E-state index contributed by atoms with van der Waals surface area (Å²) in [5, 5.41) is 11.8. The number of nitrogens with one attached hydrogen (secondary N) is 1. The molecule has 0 saturated carbocycles. The lowest BCUT2D eigenvalue weighted by Gasteiger charge is -2.08. The first kappa shape index (κ1) is 11.5. The molecular formula is C12H16N2O. The van der Waals surface area contributed by atoms with Crippen LogP contribution in [0.25, 0.3) is 0 Å². The zero-order chi connectivity index (χ0) is 11.1. The molecular weight excluding hydrogens is 188 g/mol. The van der Waals surface area contributed by atoms with Crippen LogP contribution < -0.4 is 10.1 Å². The molecule has 0 aliphatic carbocycles. The van der Waals surface area contributed by atoms with Gasteiger partial charge in [0, 0.05) is 0 Å². The largest absolute Gasteiger partial charge is 0.493 e. The van der Waals surface area contributed by atoms with E-state index >= 15 is 0 Å². The van der Waals surface area contributed by atoms with Crippen molar-refractivity contribution >= 4 is 0 Å². The van der Waals surface area contributed by atoms with Crippen molar-refractivity contribution in [3.63, 3.8) is 0 Å². The average molecular weight is 204 g/mol. The van der Waals surface area contributed by atoms with Gasteiger partial charge in [-0.05, 0) is 44.6 Å². The Labute approximate surface area is 90.7 Å². The van der Waals surface area contributed by atoms with Crippen LogP contribution in [0, 0.1) is 18.3 Å². The van der Waals surface area contributed by atoms with Crippen molar-refractivity contribution in [1.29, 1.82) is 5.26 Å². The second-order valence-electron chi connectivity index (χ2n) is 3.40. The number of benzene rings is 1. The quantitative estimate of drug-likeness (QED) is 0.744. The van der Waals surface area contributed by atoms with Gasteiger partial charge in [-0.1, -0.05) is 6.07 Å². The van der Waals surface area contributed by atoms with Gasteiger partial charge in [-0.2, -0.15) is 5.26 Å². The Morgan fingerprint density at radius 3 is 2.93 bits per heavy atom. The van der Waals surface area contributed by atoms with Crippen molar-refractivity contribution in [3.05, 3.63) is 29.3 Å². The lowest BCUT2D eigenvalue weighted by Crippen LogP contribution is -2.11. The van der Waals surface area contributed by atoms with Gasteiger partial charge < -0.3 is 10.1 Å². The highest BCUT2D eigenvalue weighted by Crippen LogP contribution is 2.19. The maximum atomic E-state index is 8.75. The summed E-state index contributed by atoms with van der Waals surface area (Å²) in [6.45, 7) is 3.60. The maximum Gasteiger partial charge on any atom is 0.123 e. The van der Waals surface area contributed by atoms with E-state index < -0.39 is 0 Å². The number of nitriles is 1. The lowest BCUT2D eigenvalue weighted by molar-refractivity contribution is 0.308. The Kier molecular flexibility index (Phi) is 4.65. The van der Waals surface area contributed by atoms with Gasteiger partial charge in [0.05, 0.1) is 18.2 Å². The van der Waals surface area contributed by atoms with Crippen LogP contribution in [-0.2, 0) is 0 Å². The minimum atomic E-state index is 0.643. The van der Waals surface area contributed by atoms with Crippen LogP contribution in [0.15, 0.2) is 18.2 Å². The first-order valence-electron chi connectivity index (χ1n) is 5.06. The molecule has 0 aliphatic rings. The lowest BCUT2D eigenvalue weighted by atomic mass is 10.1. The van der Waals surface area contributed by atoms with Crippen molar-refractivity contribution in [2.75, 3.05) is 20.2 Å². The molecule has 0 amide bonds. The molecule has 1 rings (SSSR count). The standard InChI is InChI=1S/C12H16N2O/c1-10-4-5-11(9-13)8-12(10)15-7-3-6-14-2/h4-5,8,14H,3,6-7H2,1-2H3. The molecule has 80 valence electrons. The highest BCUT2D eigenvalue weighted by Gasteiger charge is 2.00. The van der Waals surface area contributed by atoms with Crippen LogP contribution in [0.4, 0.5) is 0 Å². The molecule has 3 nitrogen and oxygen atoms in total.